The summed E-state index contributed by atoms with van der Waals surface area (Å²) in [5.41, 5.74) is -11.7. The first-order valence-corrected chi connectivity index (χ1v) is 10.2. The molecule has 0 aromatic heterocycles. The molecule has 0 saturated heterocycles. The van der Waals surface area contributed by atoms with E-state index in [2.05, 4.69) is 0 Å². The molecule has 0 aliphatic heterocycles. The lowest BCUT2D eigenvalue weighted by Crippen LogP contribution is -2.80. The fourth-order valence-corrected chi connectivity index (χ4v) is 2.88. The van der Waals surface area contributed by atoms with Gasteiger partial charge in [0.1, 0.15) is 0 Å². The molecule has 0 saturated carbocycles. The Kier molecular flexibility index (Phi) is 10.5. The Morgan fingerprint density at radius 3 is 1.14 bits per heavy atom. The Morgan fingerprint density at radius 1 is 0.545 bits per heavy atom. The highest BCUT2D eigenvalue weighted by molar-refractivity contribution is 5.86. The van der Waals surface area contributed by atoms with E-state index in [0.717, 1.165) is 6.92 Å². The normalized spacial score (nSPS) is 18.2. The highest BCUT2D eigenvalue weighted by atomic mass is 19.4. The molecule has 44 heavy (non-hydrogen) atoms. The first-order chi connectivity index (χ1) is 18.7. The molecule has 0 aliphatic rings. The van der Waals surface area contributed by atoms with Crippen molar-refractivity contribution in [3.63, 3.8) is 0 Å². The van der Waals surface area contributed by atoms with Crippen molar-refractivity contribution in [1.29, 1.82) is 0 Å². The van der Waals surface area contributed by atoms with Crippen molar-refractivity contribution in [2.75, 3.05) is 0 Å². The van der Waals surface area contributed by atoms with Gasteiger partial charge in [0.25, 0.3) is 0 Å². The van der Waals surface area contributed by atoms with Gasteiger partial charge in [-0.2, -0.15) is 96.6 Å². The van der Waals surface area contributed by atoms with E-state index in [-0.39, 0.29) is 0 Å². The van der Waals surface area contributed by atoms with Gasteiger partial charge in [0.05, 0.1) is 6.10 Å². The molecule has 2 N–H and O–H groups in total. The average Bonchev–Trinajstić information content (AvgIpc) is 2.78. The van der Waals surface area contributed by atoms with Crippen LogP contribution in [0.5, 0.6) is 0 Å². The standard InChI is InChI=1S/C18H11F23O3/c1-5(42)2-3-6(7(43)44)4-8(19,20)10(22,23)13(28,29)15(32,33)16(34,35)14(30,31)11(24,25)9(21,17(36,37)38)12(26,27)18(39,40)41/h4-5,42H,2-3H2,1H3,(H,43,44). The zero-order chi connectivity index (χ0) is 36.4. The molecule has 0 aliphatic carbocycles. The van der Waals surface area contributed by atoms with Crippen molar-refractivity contribution >= 4 is 5.97 Å². The zero-order valence-corrected chi connectivity index (χ0v) is 20.1. The molecular formula is C18H11F23O3. The summed E-state index contributed by atoms with van der Waals surface area (Å²) in [4.78, 5) is 10.9. The highest BCUT2D eigenvalue weighted by Gasteiger charge is 3.00. The summed E-state index contributed by atoms with van der Waals surface area (Å²) in [5.74, 6) is -74.8. The van der Waals surface area contributed by atoms with Gasteiger partial charge >= 0.3 is 71.4 Å². The van der Waals surface area contributed by atoms with Gasteiger partial charge < -0.3 is 10.2 Å². The number of halogens is 23. The quantitative estimate of drug-likeness (QED) is 0.150. The lowest BCUT2D eigenvalue weighted by atomic mass is 9.80. The van der Waals surface area contributed by atoms with E-state index >= 15 is 0 Å². The van der Waals surface area contributed by atoms with Crippen molar-refractivity contribution in [2.24, 2.45) is 0 Å². The van der Waals surface area contributed by atoms with E-state index < -0.39 is 102 Å². The maximum Gasteiger partial charge on any atom is 0.457 e. The molecule has 0 bridgehead atoms. The smallest absolute Gasteiger partial charge is 0.457 e. The molecular weight excluding hydrogens is 701 g/mol. The molecule has 0 aromatic carbocycles. The van der Waals surface area contributed by atoms with Crippen LogP contribution in [0.4, 0.5) is 101 Å². The number of aliphatic carboxylic acids is 1. The number of rotatable bonds is 13. The molecule has 0 spiro atoms. The number of hydrogen-bond acceptors (Lipinski definition) is 2. The number of allylic oxidation sites excluding steroid dienone is 1. The van der Waals surface area contributed by atoms with Crippen LogP contribution in [0.1, 0.15) is 19.8 Å². The van der Waals surface area contributed by atoms with Gasteiger partial charge in [-0.05, 0) is 19.8 Å². The highest BCUT2D eigenvalue weighted by Crippen LogP contribution is 2.68. The summed E-state index contributed by atoms with van der Waals surface area (Å²) < 4.78 is 309. The fraction of sp³-hybridized carbons (Fsp3) is 0.833. The predicted octanol–water partition coefficient (Wildman–Crippen LogP) is 8.07. The first-order valence-electron chi connectivity index (χ1n) is 10.2. The maximum atomic E-state index is 13.9. The topological polar surface area (TPSA) is 57.5 Å². The van der Waals surface area contributed by atoms with Gasteiger partial charge in [-0.25, -0.2) is 9.18 Å². The molecule has 2 unspecified atom stereocenters. The molecule has 0 rings (SSSR count). The van der Waals surface area contributed by atoms with Gasteiger partial charge in [-0.3, -0.25) is 0 Å². The Balaban J connectivity index is 7.52. The van der Waals surface area contributed by atoms with Crippen molar-refractivity contribution in [2.45, 2.75) is 91.3 Å². The average molecular weight is 712 g/mol. The second-order valence-corrected chi connectivity index (χ2v) is 8.66. The Hall–Kier alpha value is -2.44. The van der Waals surface area contributed by atoms with Crippen LogP contribution in [0.15, 0.2) is 11.6 Å². The van der Waals surface area contributed by atoms with Crippen LogP contribution in [0.3, 0.4) is 0 Å². The minimum Gasteiger partial charge on any atom is -0.478 e. The molecule has 2 atom stereocenters. The number of alkyl halides is 23. The van der Waals surface area contributed by atoms with Crippen LogP contribution in [-0.2, 0) is 4.79 Å². The summed E-state index contributed by atoms with van der Waals surface area (Å²) in [6.07, 6.45) is -23.6. The third kappa shape index (κ3) is 5.70. The number of carboxylic acid groups (broad SMARTS) is 1. The third-order valence-electron chi connectivity index (χ3n) is 5.46. The lowest BCUT2D eigenvalue weighted by molar-refractivity contribution is -0.482. The minimum atomic E-state index is -9.69. The first kappa shape index (κ1) is 41.6. The Bertz CT molecular complexity index is 1080. The predicted molar refractivity (Wildman–Crippen MR) is 92.2 cm³/mol. The summed E-state index contributed by atoms with van der Waals surface area (Å²) in [7, 11) is 0. The van der Waals surface area contributed by atoms with Crippen molar-refractivity contribution in [1.82, 2.24) is 0 Å². The summed E-state index contributed by atoms with van der Waals surface area (Å²) in [6.45, 7) is 0.744. The van der Waals surface area contributed by atoms with Gasteiger partial charge in [0.2, 0.25) is 0 Å². The number of carbonyl (C=O) groups is 1. The van der Waals surface area contributed by atoms with E-state index in [1.54, 1.807) is 0 Å². The van der Waals surface area contributed by atoms with Crippen LogP contribution in [0.25, 0.3) is 0 Å². The van der Waals surface area contributed by atoms with Crippen molar-refractivity contribution < 1.29 is 116 Å². The van der Waals surface area contributed by atoms with Gasteiger partial charge in [0.15, 0.2) is 0 Å². The van der Waals surface area contributed by atoms with Crippen molar-refractivity contribution in [3.05, 3.63) is 11.6 Å². The third-order valence-corrected chi connectivity index (χ3v) is 5.46. The molecule has 262 valence electrons. The molecule has 3 nitrogen and oxygen atoms in total. The van der Waals surface area contributed by atoms with Crippen LogP contribution in [0, 0.1) is 0 Å². The van der Waals surface area contributed by atoms with Gasteiger partial charge in [0, 0.05) is 11.6 Å². The summed E-state index contributed by atoms with van der Waals surface area (Å²) in [5, 5.41) is 17.5. The second kappa shape index (κ2) is 11.1. The lowest BCUT2D eigenvalue weighted by Gasteiger charge is -2.46. The molecule has 26 heteroatoms. The van der Waals surface area contributed by atoms with E-state index in [0.29, 0.717) is 0 Å². The largest absolute Gasteiger partial charge is 0.478 e. The van der Waals surface area contributed by atoms with Gasteiger partial charge in [-0.1, -0.05) is 0 Å². The Labute approximate surface area is 226 Å². The number of aliphatic hydroxyl groups is 1. The van der Waals surface area contributed by atoms with E-state index in [4.69, 9.17) is 10.2 Å². The minimum absolute atomic E-state index is 0.744. The van der Waals surface area contributed by atoms with E-state index in [1.165, 1.54) is 0 Å². The van der Waals surface area contributed by atoms with Crippen LogP contribution < -0.4 is 0 Å². The maximum absolute atomic E-state index is 13.9. The number of carboxylic acids is 1. The molecule has 0 radical (unpaired) electrons. The molecule has 0 amide bonds. The molecule has 0 fully saturated rings. The van der Waals surface area contributed by atoms with E-state index in [9.17, 15) is 106 Å². The van der Waals surface area contributed by atoms with Crippen LogP contribution >= 0.6 is 0 Å². The van der Waals surface area contributed by atoms with Crippen molar-refractivity contribution in [3.8, 4) is 0 Å². The summed E-state index contributed by atoms with van der Waals surface area (Å²) in [6, 6.07) is 0. The van der Waals surface area contributed by atoms with E-state index in [1.807, 2.05) is 0 Å². The number of hydrogen-bond donors (Lipinski definition) is 2. The summed E-state index contributed by atoms with van der Waals surface area (Å²) >= 11 is 0. The van der Waals surface area contributed by atoms with Crippen LogP contribution in [-0.4, -0.2) is 87.7 Å². The molecule has 0 heterocycles. The fourth-order valence-electron chi connectivity index (χ4n) is 2.88. The SMILES string of the molecule is CC(O)CCC(=CC(F)(F)C(F)(F)C(F)(F)C(F)(F)C(F)(F)C(F)(F)C(F)(F)C(F)(C(F)(F)F)C(F)(F)C(F)(F)F)C(=O)O. The molecule has 0 aromatic rings. The number of aliphatic hydroxyl groups excluding tert-OH is 1. The monoisotopic (exact) mass is 712 g/mol. The second-order valence-electron chi connectivity index (χ2n) is 8.66. The van der Waals surface area contributed by atoms with Gasteiger partial charge in [-0.15, -0.1) is 0 Å². The Morgan fingerprint density at radius 2 is 0.864 bits per heavy atom. The van der Waals surface area contributed by atoms with Crippen LogP contribution in [0.2, 0.25) is 0 Å². The zero-order valence-electron chi connectivity index (χ0n) is 20.1.